The van der Waals surface area contributed by atoms with Crippen LogP contribution in [0.2, 0.25) is 0 Å². The standard InChI is InChI=1S/C18H32N4O2.HI/c1-5-24-17-10-7-6-9-16(17)15-21-18(19-2)20-11-13-22(3)12-8-14-23-4;/h6-7,9-10H,5,8,11-15H2,1-4H3,(H2,19,20,21);1H. The number of aliphatic imine (C=N–C) groups is 1. The highest BCUT2D eigenvalue weighted by Crippen LogP contribution is 2.17. The van der Waals surface area contributed by atoms with Crippen molar-refractivity contribution in [1.29, 1.82) is 0 Å². The minimum atomic E-state index is 0. The van der Waals surface area contributed by atoms with Crippen LogP contribution >= 0.6 is 24.0 Å². The molecule has 6 nitrogen and oxygen atoms in total. The van der Waals surface area contributed by atoms with Crippen LogP contribution in [-0.4, -0.2) is 64.9 Å². The van der Waals surface area contributed by atoms with Crippen molar-refractivity contribution < 1.29 is 9.47 Å². The minimum Gasteiger partial charge on any atom is -0.494 e. The van der Waals surface area contributed by atoms with Gasteiger partial charge in [-0.25, -0.2) is 0 Å². The molecule has 0 fully saturated rings. The summed E-state index contributed by atoms with van der Waals surface area (Å²) in [4.78, 5) is 6.55. The van der Waals surface area contributed by atoms with Crippen molar-refractivity contribution >= 4 is 29.9 Å². The third kappa shape index (κ3) is 10.5. The largest absolute Gasteiger partial charge is 0.494 e. The van der Waals surface area contributed by atoms with Crippen molar-refractivity contribution in [1.82, 2.24) is 15.5 Å². The molecule has 0 atom stereocenters. The van der Waals surface area contributed by atoms with Gasteiger partial charge in [-0.1, -0.05) is 18.2 Å². The van der Waals surface area contributed by atoms with Crippen LogP contribution in [0.25, 0.3) is 0 Å². The molecular weight excluding hydrogens is 431 g/mol. The van der Waals surface area contributed by atoms with Gasteiger partial charge >= 0.3 is 0 Å². The fraction of sp³-hybridized carbons (Fsp3) is 0.611. The predicted molar refractivity (Wildman–Crippen MR) is 115 cm³/mol. The first-order chi connectivity index (χ1) is 11.7. The number of benzene rings is 1. The van der Waals surface area contributed by atoms with Crippen LogP contribution in [0.5, 0.6) is 5.75 Å². The van der Waals surface area contributed by atoms with Gasteiger partial charge in [-0.2, -0.15) is 0 Å². The smallest absolute Gasteiger partial charge is 0.191 e. The molecular formula is C18H33IN4O2. The van der Waals surface area contributed by atoms with Gasteiger partial charge < -0.3 is 25.0 Å². The number of rotatable bonds is 11. The maximum absolute atomic E-state index is 5.65. The molecule has 0 bridgehead atoms. The number of guanidine groups is 1. The average Bonchev–Trinajstić information content (AvgIpc) is 2.59. The van der Waals surface area contributed by atoms with E-state index in [1.54, 1.807) is 14.2 Å². The summed E-state index contributed by atoms with van der Waals surface area (Å²) < 4.78 is 10.7. The first-order valence-corrected chi connectivity index (χ1v) is 8.54. The Balaban J connectivity index is 0.00000576. The van der Waals surface area contributed by atoms with Crippen LogP contribution in [0, 0.1) is 0 Å². The zero-order valence-electron chi connectivity index (χ0n) is 15.9. The summed E-state index contributed by atoms with van der Waals surface area (Å²) >= 11 is 0. The van der Waals surface area contributed by atoms with E-state index < -0.39 is 0 Å². The second kappa shape index (κ2) is 15.2. The van der Waals surface area contributed by atoms with Crippen molar-refractivity contribution in [2.24, 2.45) is 4.99 Å². The van der Waals surface area contributed by atoms with Crippen molar-refractivity contribution in [3.63, 3.8) is 0 Å². The molecule has 7 heteroatoms. The molecule has 0 unspecified atom stereocenters. The predicted octanol–water partition coefficient (Wildman–Crippen LogP) is 2.34. The third-order valence-electron chi connectivity index (χ3n) is 3.62. The Morgan fingerprint density at radius 1 is 1.20 bits per heavy atom. The molecule has 0 spiro atoms. The molecule has 0 aliphatic heterocycles. The number of hydrogen-bond donors (Lipinski definition) is 2. The zero-order chi connectivity index (χ0) is 17.6. The Bertz CT molecular complexity index is 486. The van der Waals surface area contributed by atoms with Crippen LogP contribution < -0.4 is 15.4 Å². The van der Waals surface area contributed by atoms with Crippen molar-refractivity contribution in [3.8, 4) is 5.75 Å². The summed E-state index contributed by atoms with van der Waals surface area (Å²) in [7, 11) is 5.64. The molecule has 1 aromatic carbocycles. The van der Waals surface area contributed by atoms with Crippen LogP contribution in [0.4, 0.5) is 0 Å². The molecule has 25 heavy (non-hydrogen) atoms. The molecule has 1 aromatic rings. The maximum atomic E-state index is 5.65. The van der Waals surface area contributed by atoms with Crippen LogP contribution in [0.3, 0.4) is 0 Å². The normalized spacial score (nSPS) is 11.2. The van der Waals surface area contributed by atoms with Crippen LogP contribution in [0.1, 0.15) is 18.9 Å². The monoisotopic (exact) mass is 464 g/mol. The number of nitrogens with one attached hydrogen (secondary N) is 2. The molecule has 2 N–H and O–H groups in total. The number of halogens is 1. The van der Waals surface area contributed by atoms with Crippen molar-refractivity contribution in [2.45, 2.75) is 19.9 Å². The summed E-state index contributed by atoms with van der Waals surface area (Å²) in [5.41, 5.74) is 1.12. The summed E-state index contributed by atoms with van der Waals surface area (Å²) in [6.07, 6.45) is 1.05. The van der Waals surface area contributed by atoms with E-state index in [9.17, 15) is 0 Å². The molecule has 0 aliphatic rings. The lowest BCUT2D eigenvalue weighted by molar-refractivity contribution is 0.180. The summed E-state index contributed by atoms with van der Waals surface area (Å²) in [5, 5.41) is 6.67. The quantitative estimate of drug-likeness (QED) is 0.228. The molecule has 0 aliphatic carbocycles. The Morgan fingerprint density at radius 2 is 1.96 bits per heavy atom. The number of likely N-dealkylation sites (N-methyl/N-ethyl adjacent to an activating group) is 1. The highest BCUT2D eigenvalue weighted by molar-refractivity contribution is 14.0. The van der Waals surface area contributed by atoms with Gasteiger partial charge in [-0.3, -0.25) is 4.99 Å². The van der Waals surface area contributed by atoms with E-state index >= 15 is 0 Å². The summed E-state index contributed by atoms with van der Waals surface area (Å²) in [6, 6.07) is 8.06. The fourth-order valence-electron chi connectivity index (χ4n) is 2.30. The van der Waals surface area contributed by atoms with Crippen molar-refractivity contribution in [2.75, 3.05) is 54.1 Å². The van der Waals surface area contributed by atoms with Crippen molar-refractivity contribution in [3.05, 3.63) is 29.8 Å². The highest BCUT2D eigenvalue weighted by atomic mass is 127. The number of ether oxygens (including phenoxy) is 2. The van der Waals surface area contributed by atoms with E-state index in [1.165, 1.54) is 0 Å². The first kappa shape index (κ1) is 23.9. The highest BCUT2D eigenvalue weighted by Gasteiger charge is 2.04. The Morgan fingerprint density at radius 3 is 2.64 bits per heavy atom. The van der Waals surface area contributed by atoms with Gasteiger partial charge in [-0.05, 0) is 26.5 Å². The van der Waals surface area contributed by atoms with Gasteiger partial charge in [0.2, 0.25) is 0 Å². The lowest BCUT2D eigenvalue weighted by Gasteiger charge is -2.18. The lowest BCUT2D eigenvalue weighted by Crippen LogP contribution is -2.40. The average molecular weight is 464 g/mol. The molecule has 0 amide bonds. The van der Waals surface area contributed by atoms with E-state index in [1.807, 2.05) is 25.1 Å². The van der Waals surface area contributed by atoms with Crippen LogP contribution in [-0.2, 0) is 11.3 Å². The van der Waals surface area contributed by atoms with E-state index in [0.717, 1.165) is 49.9 Å². The minimum absolute atomic E-state index is 0. The van der Waals surface area contributed by atoms with Gasteiger partial charge in [0.05, 0.1) is 6.61 Å². The van der Waals surface area contributed by atoms with Gasteiger partial charge in [0.15, 0.2) is 5.96 Å². The van der Waals surface area contributed by atoms with E-state index in [0.29, 0.717) is 13.2 Å². The van der Waals surface area contributed by atoms with Gasteiger partial charge in [0, 0.05) is 52.5 Å². The lowest BCUT2D eigenvalue weighted by atomic mass is 10.2. The topological polar surface area (TPSA) is 58.1 Å². The van der Waals surface area contributed by atoms with E-state index in [4.69, 9.17) is 9.47 Å². The fourth-order valence-corrected chi connectivity index (χ4v) is 2.30. The molecule has 0 aromatic heterocycles. The number of nitrogens with zero attached hydrogens (tertiary/aromatic N) is 2. The van der Waals surface area contributed by atoms with Gasteiger partial charge in [-0.15, -0.1) is 24.0 Å². The molecule has 0 saturated heterocycles. The molecule has 0 saturated carbocycles. The van der Waals surface area contributed by atoms with Gasteiger partial charge in [0.1, 0.15) is 5.75 Å². The maximum Gasteiger partial charge on any atom is 0.191 e. The zero-order valence-corrected chi connectivity index (χ0v) is 18.2. The molecule has 0 heterocycles. The molecule has 0 radical (unpaired) electrons. The first-order valence-electron chi connectivity index (χ1n) is 8.54. The third-order valence-corrected chi connectivity index (χ3v) is 3.62. The number of para-hydroxylation sites is 1. The Hall–Kier alpha value is -1.06. The van der Waals surface area contributed by atoms with Gasteiger partial charge in [0.25, 0.3) is 0 Å². The number of methoxy groups -OCH3 is 1. The Labute approximate surface area is 169 Å². The van der Waals surface area contributed by atoms with E-state index in [2.05, 4.69) is 33.6 Å². The Kier molecular flexibility index (Phi) is 14.6. The summed E-state index contributed by atoms with van der Waals surface area (Å²) in [5.74, 6) is 1.72. The summed E-state index contributed by atoms with van der Waals surface area (Å²) in [6.45, 7) is 6.98. The SMILES string of the molecule is CCOc1ccccc1CNC(=NC)NCCN(C)CCCOC.I. The van der Waals surface area contributed by atoms with Crippen LogP contribution in [0.15, 0.2) is 29.3 Å². The number of hydrogen-bond acceptors (Lipinski definition) is 4. The molecule has 144 valence electrons. The van der Waals surface area contributed by atoms with E-state index in [-0.39, 0.29) is 24.0 Å². The second-order valence-corrected chi connectivity index (χ2v) is 5.54. The molecule has 1 rings (SSSR count). The second-order valence-electron chi connectivity index (χ2n) is 5.54.